The first-order valence-electron chi connectivity index (χ1n) is 8.53. The van der Waals surface area contributed by atoms with Crippen LogP contribution < -0.4 is 5.32 Å². The Bertz CT molecular complexity index is 849. The van der Waals surface area contributed by atoms with Crippen LogP contribution in [0.15, 0.2) is 42.5 Å². The molecule has 1 fully saturated rings. The molecule has 1 heterocycles. The van der Waals surface area contributed by atoms with E-state index in [2.05, 4.69) is 0 Å². The molecule has 3 rings (SSSR count). The average Bonchev–Trinajstić information content (AvgIpc) is 2.98. The van der Waals surface area contributed by atoms with Crippen LogP contribution in [0.4, 0.5) is 18.9 Å². The van der Waals surface area contributed by atoms with E-state index < -0.39 is 47.2 Å². The Morgan fingerprint density at radius 2 is 1.75 bits per heavy atom. The van der Waals surface area contributed by atoms with Crippen LogP contribution in [0.1, 0.15) is 19.4 Å². The van der Waals surface area contributed by atoms with Gasteiger partial charge in [-0.1, -0.05) is 44.2 Å². The minimum Gasteiger partial charge on any atom is -0.374 e. The summed E-state index contributed by atoms with van der Waals surface area (Å²) in [6, 6.07) is 10.2. The van der Waals surface area contributed by atoms with Gasteiger partial charge in [-0.25, -0.2) is 18.0 Å². The highest BCUT2D eigenvalue weighted by Crippen LogP contribution is 2.26. The van der Waals surface area contributed by atoms with E-state index in [1.54, 1.807) is 30.3 Å². The van der Waals surface area contributed by atoms with E-state index in [1.807, 2.05) is 19.2 Å². The fourth-order valence-electron chi connectivity index (χ4n) is 2.48. The summed E-state index contributed by atoms with van der Waals surface area (Å²) in [4.78, 5) is 29.0. The lowest BCUT2D eigenvalue weighted by molar-refractivity contribution is -0.198. The number of aliphatic hydroxyl groups is 1. The maximum absolute atomic E-state index is 13.6. The molecule has 2 atom stereocenters. The van der Waals surface area contributed by atoms with Crippen LogP contribution in [0.5, 0.6) is 0 Å². The average molecular weight is 396 g/mol. The van der Waals surface area contributed by atoms with Crippen molar-refractivity contribution in [3.8, 4) is 0 Å². The zero-order chi connectivity index (χ0) is 20.8. The highest BCUT2D eigenvalue weighted by atomic mass is 19.2. The number of rotatable bonds is 4. The van der Waals surface area contributed by atoms with Crippen molar-refractivity contribution in [2.75, 3.05) is 5.32 Å². The molecule has 1 amide bonds. The first kappa shape index (κ1) is 21.4. The van der Waals surface area contributed by atoms with Crippen LogP contribution in [-0.4, -0.2) is 28.3 Å². The first-order chi connectivity index (χ1) is 13.4. The van der Waals surface area contributed by atoms with E-state index in [-0.39, 0.29) is 6.54 Å². The predicted octanol–water partition coefficient (Wildman–Crippen LogP) is 2.98. The van der Waals surface area contributed by atoms with E-state index >= 15 is 0 Å². The van der Waals surface area contributed by atoms with Crippen molar-refractivity contribution in [2.45, 2.75) is 26.6 Å². The topological polar surface area (TPSA) is 78.9 Å². The maximum atomic E-state index is 13.6. The summed E-state index contributed by atoms with van der Waals surface area (Å²) in [5, 5.41) is 13.1. The molecule has 150 valence electrons. The number of benzene rings is 2. The van der Waals surface area contributed by atoms with Gasteiger partial charge in [0.1, 0.15) is 0 Å². The third kappa shape index (κ3) is 4.49. The number of nitrogens with zero attached hydrogens (tertiary/aromatic N) is 1. The molecule has 2 aromatic rings. The number of nitrogens with one attached hydrogen (secondary N) is 1. The van der Waals surface area contributed by atoms with Crippen molar-refractivity contribution < 1.29 is 32.7 Å². The first-order valence-corrected chi connectivity index (χ1v) is 8.53. The second kappa shape index (κ2) is 9.34. The minimum atomic E-state index is -1.76. The van der Waals surface area contributed by atoms with Crippen molar-refractivity contribution in [3.63, 3.8) is 0 Å². The minimum absolute atomic E-state index is 0.0249. The monoisotopic (exact) mass is 396 g/mol. The van der Waals surface area contributed by atoms with Crippen LogP contribution >= 0.6 is 0 Å². The van der Waals surface area contributed by atoms with Crippen molar-refractivity contribution in [3.05, 3.63) is 65.5 Å². The smallest absolute Gasteiger partial charge is 0.341 e. The maximum Gasteiger partial charge on any atom is 0.341 e. The van der Waals surface area contributed by atoms with Crippen molar-refractivity contribution in [2.24, 2.45) is 5.92 Å². The lowest BCUT2D eigenvalue weighted by atomic mass is 10.1. The second-order valence-electron chi connectivity index (χ2n) is 5.57. The number of amides is 1. The Balaban J connectivity index is 0.00000136. The molecular weight excluding hydrogens is 377 g/mol. The molecule has 0 saturated carbocycles. The van der Waals surface area contributed by atoms with Crippen LogP contribution in [0.3, 0.4) is 0 Å². The fourth-order valence-corrected chi connectivity index (χ4v) is 2.48. The summed E-state index contributed by atoms with van der Waals surface area (Å²) in [7, 11) is 0. The third-order valence-electron chi connectivity index (χ3n) is 3.81. The van der Waals surface area contributed by atoms with Gasteiger partial charge in [-0.15, -0.1) is 5.06 Å². The van der Waals surface area contributed by atoms with Gasteiger partial charge in [0.25, 0.3) is 0 Å². The summed E-state index contributed by atoms with van der Waals surface area (Å²) in [5.74, 6) is -8.62. The van der Waals surface area contributed by atoms with E-state index in [0.29, 0.717) is 11.6 Å². The van der Waals surface area contributed by atoms with Gasteiger partial charge in [0.2, 0.25) is 5.91 Å². The molecule has 0 aliphatic carbocycles. The molecule has 0 aromatic heterocycles. The summed E-state index contributed by atoms with van der Waals surface area (Å²) in [6.07, 6.45) is -1.63. The molecule has 1 saturated heterocycles. The summed E-state index contributed by atoms with van der Waals surface area (Å²) in [5.41, 5.74) is 0.0578. The van der Waals surface area contributed by atoms with Crippen LogP contribution in [-0.2, 0) is 21.0 Å². The fraction of sp³-hybridized carbons (Fsp3) is 0.263. The Morgan fingerprint density at radius 3 is 2.39 bits per heavy atom. The van der Waals surface area contributed by atoms with E-state index in [1.165, 1.54) is 0 Å². The van der Waals surface area contributed by atoms with Gasteiger partial charge >= 0.3 is 5.97 Å². The van der Waals surface area contributed by atoms with Gasteiger partial charge in [-0.05, 0) is 17.7 Å². The molecule has 28 heavy (non-hydrogen) atoms. The number of halogens is 3. The number of hydrogen-bond acceptors (Lipinski definition) is 5. The molecule has 0 bridgehead atoms. The number of anilines is 1. The number of aliphatic hydroxyl groups excluding tert-OH is 1. The van der Waals surface area contributed by atoms with Gasteiger partial charge in [0, 0.05) is 0 Å². The Morgan fingerprint density at radius 1 is 1.11 bits per heavy atom. The summed E-state index contributed by atoms with van der Waals surface area (Å²) >= 11 is 0. The second-order valence-corrected chi connectivity index (χ2v) is 5.57. The van der Waals surface area contributed by atoms with Crippen molar-refractivity contribution in [1.82, 2.24) is 5.06 Å². The van der Waals surface area contributed by atoms with Crippen molar-refractivity contribution >= 4 is 17.6 Å². The molecule has 9 heteroatoms. The Labute approximate surface area is 159 Å². The predicted molar refractivity (Wildman–Crippen MR) is 93.9 cm³/mol. The van der Waals surface area contributed by atoms with E-state index in [0.717, 1.165) is 11.1 Å². The van der Waals surface area contributed by atoms with E-state index in [4.69, 9.17) is 4.84 Å². The van der Waals surface area contributed by atoms with Crippen LogP contribution in [0, 0.1) is 23.4 Å². The SMILES string of the molecule is CC.O=C(Nc1ccc(F)c(F)c1F)C1C(=O)ON(Cc2ccccc2)C1O. The number of hydrogen-bond donors (Lipinski definition) is 2. The molecule has 0 spiro atoms. The summed E-state index contributed by atoms with van der Waals surface area (Å²) < 4.78 is 39.8. The van der Waals surface area contributed by atoms with Gasteiger partial charge < -0.3 is 15.3 Å². The van der Waals surface area contributed by atoms with Crippen molar-refractivity contribution in [1.29, 1.82) is 0 Å². The van der Waals surface area contributed by atoms with Gasteiger partial charge in [-0.2, -0.15) is 0 Å². The lowest BCUT2D eigenvalue weighted by Gasteiger charge is -2.18. The molecule has 2 aromatic carbocycles. The molecule has 6 nitrogen and oxygen atoms in total. The van der Waals surface area contributed by atoms with Gasteiger partial charge in [-0.3, -0.25) is 4.79 Å². The van der Waals surface area contributed by atoms with Crippen LogP contribution in [0.25, 0.3) is 0 Å². The number of carbonyl (C=O) groups is 2. The van der Waals surface area contributed by atoms with Gasteiger partial charge in [0.15, 0.2) is 29.6 Å². The Hall–Kier alpha value is -2.91. The zero-order valence-electron chi connectivity index (χ0n) is 15.2. The number of carbonyl (C=O) groups excluding carboxylic acids is 2. The lowest BCUT2D eigenvalue weighted by Crippen LogP contribution is -2.38. The molecule has 0 radical (unpaired) electrons. The molecular formula is C19H19F3N2O4. The quantitative estimate of drug-likeness (QED) is 0.614. The molecule has 1 aliphatic heterocycles. The molecule has 1 aliphatic rings. The number of hydroxylamine groups is 2. The largest absolute Gasteiger partial charge is 0.374 e. The third-order valence-corrected chi connectivity index (χ3v) is 3.81. The highest BCUT2D eigenvalue weighted by Gasteiger charge is 2.47. The molecule has 2 unspecified atom stereocenters. The van der Waals surface area contributed by atoms with Crippen LogP contribution in [0.2, 0.25) is 0 Å². The highest BCUT2D eigenvalue weighted by molar-refractivity contribution is 6.05. The summed E-state index contributed by atoms with van der Waals surface area (Å²) in [6.45, 7) is 4.02. The van der Waals surface area contributed by atoms with E-state index in [9.17, 15) is 27.9 Å². The zero-order valence-corrected chi connectivity index (χ0v) is 15.2. The van der Waals surface area contributed by atoms with Gasteiger partial charge in [0.05, 0.1) is 12.2 Å². The standard InChI is InChI=1S/C17H13F3N2O4.C2H6/c18-10-6-7-11(14(20)13(10)19)21-15(23)12-16(24)22(26-17(12)25)8-9-4-2-1-3-5-9;1-2/h1-7,12,16,24H,8H2,(H,21,23);1-2H3. The normalized spacial score (nSPS) is 18.9. The Kier molecular flexibility index (Phi) is 7.13. The molecule has 2 N–H and O–H groups in total.